The van der Waals surface area contributed by atoms with Crippen molar-refractivity contribution in [3.8, 4) is 0 Å². The molecule has 1 atom stereocenters. The van der Waals surface area contributed by atoms with Crippen molar-refractivity contribution in [1.29, 1.82) is 0 Å². The summed E-state index contributed by atoms with van der Waals surface area (Å²) in [4.78, 5) is 9.80. The van der Waals surface area contributed by atoms with E-state index in [1.807, 2.05) is 0 Å². The smallest absolute Gasteiger partial charge is 0.431 e. The molecule has 2 fully saturated rings. The Morgan fingerprint density at radius 2 is 1.80 bits per heavy atom. The SMILES string of the molecule is CC1CO1.O=C1OCCO1. The lowest BCUT2D eigenvalue weighted by Crippen LogP contribution is -1.88. The summed E-state index contributed by atoms with van der Waals surface area (Å²) >= 11 is 0. The second-order valence-electron chi connectivity index (χ2n) is 2.09. The molecule has 2 aliphatic rings. The van der Waals surface area contributed by atoms with Crippen molar-refractivity contribution in [2.75, 3.05) is 19.8 Å². The molecule has 1 unspecified atom stereocenters. The van der Waals surface area contributed by atoms with Crippen LogP contribution in [-0.2, 0) is 14.2 Å². The van der Waals surface area contributed by atoms with E-state index in [1.165, 1.54) is 0 Å². The number of cyclic esters (lactones) is 2. The number of hydrogen-bond donors (Lipinski definition) is 0. The van der Waals surface area contributed by atoms with Crippen LogP contribution in [0.25, 0.3) is 0 Å². The van der Waals surface area contributed by atoms with Crippen LogP contribution in [0.5, 0.6) is 0 Å². The van der Waals surface area contributed by atoms with Crippen molar-refractivity contribution in [3.63, 3.8) is 0 Å². The van der Waals surface area contributed by atoms with Crippen LogP contribution in [0.4, 0.5) is 4.79 Å². The van der Waals surface area contributed by atoms with Gasteiger partial charge in [0.05, 0.1) is 12.7 Å². The fourth-order valence-corrected chi connectivity index (χ4v) is 0.388. The Morgan fingerprint density at radius 1 is 1.40 bits per heavy atom. The Labute approximate surface area is 59.1 Å². The summed E-state index contributed by atoms with van der Waals surface area (Å²) in [6.07, 6.45) is 0.0370. The molecule has 0 bridgehead atoms. The van der Waals surface area contributed by atoms with Gasteiger partial charge in [-0.15, -0.1) is 0 Å². The highest BCUT2D eigenvalue weighted by Crippen LogP contribution is 2.04. The standard InChI is InChI=1S/C3H4O3.C3H6O/c4-3-5-1-2-6-3;1-3-2-4-3/h1-2H2;3H,2H2,1H3. The van der Waals surface area contributed by atoms with Crippen LogP contribution in [-0.4, -0.2) is 32.1 Å². The van der Waals surface area contributed by atoms with Crippen molar-refractivity contribution in [2.24, 2.45) is 0 Å². The molecule has 2 rings (SSSR count). The number of ether oxygens (including phenoxy) is 3. The van der Waals surface area contributed by atoms with Gasteiger partial charge in [-0.05, 0) is 6.92 Å². The highest BCUT2D eigenvalue weighted by Gasteiger charge is 2.13. The summed E-state index contributed by atoms with van der Waals surface area (Å²) in [6.45, 7) is 3.87. The van der Waals surface area contributed by atoms with Gasteiger partial charge >= 0.3 is 6.16 Å². The van der Waals surface area contributed by atoms with Crippen molar-refractivity contribution < 1.29 is 19.0 Å². The Hall–Kier alpha value is -0.770. The van der Waals surface area contributed by atoms with Crippen LogP contribution in [0.1, 0.15) is 6.92 Å². The van der Waals surface area contributed by atoms with E-state index in [-0.39, 0.29) is 0 Å². The maximum atomic E-state index is 9.80. The Bertz CT molecular complexity index is 111. The molecule has 58 valence electrons. The number of carbonyl (C=O) groups is 1. The predicted octanol–water partition coefficient (Wildman–Crippen LogP) is 0.558. The average molecular weight is 146 g/mol. The summed E-state index contributed by atoms with van der Waals surface area (Å²) < 4.78 is 13.3. The van der Waals surface area contributed by atoms with Crippen LogP contribution in [0, 0.1) is 0 Å². The number of carbonyl (C=O) groups excluding carboxylic acids is 1. The van der Waals surface area contributed by atoms with E-state index in [0.717, 1.165) is 6.61 Å². The van der Waals surface area contributed by atoms with Crippen molar-refractivity contribution in [2.45, 2.75) is 13.0 Å². The van der Waals surface area contributed by atoms with Crippen LogP contribution >= 0.6 is 0 Å². The third kappa shape index (κ3) is 3.29. The van der Waals surface area contributed by atoms with E-state index < -0.39 is 6.16 Å². The zero-order valence-corrected chi connectivity index (χ0v) is 5.83. The summed E-state index contributed by atoms with van der Waals surface area (Å²) in [7, 11) is 0. The molecule has 0 aliphatic carbocycles. The highest BCUT2D eigenvalue weighted by molar-refractivity contribution is 5.61. The van der Waals surface area contributed by atoms with Gasteiger partial charge in [-0.1, -0.05) is 0 Å². The molecule has 10 heavy (non-hydrogen) atoms. The minimum atomic E-state index is -0.546. The molecule has 0 aromatic heterocycles. The first-order valence-corrected chi connectivity index (χ1v) is 3.20. The summed E-state index contributed by atoms with van der Waals surface area (Å²) in [5.74, 6) is 0. The zero-order chi connectivity index (χ0) is 7.40. The fraction of sp³-hybridized carbons (Fsp3) is 0.833. The first-order chi connectivity index (χ1) is 4.79. The van der Waals surface area contributed by atoms with Gasteiger partial charge in [-0.25, -0.2) is 4.79 Å². The molecule has 0 aromatic rings. The molecule has 4 heteroatoms. The quantitative estimate of drug-likeness (QED) is 0.370. The predicted molar refractivity (Wildman–Crippen MR) is 32.7 cm³/mol. The van der Waals surface area contributed by atoms with E-state index >= 15 is 0 Å². The van der Waals surface area contributed by atoms with E-state index in [0.29, 0.717) is 19.3 Å². The number of epoxide rings is 1. The monoisotopic (exact) mass is 146 g/mol. The number of rotatable bonds is 0. The maximum Gasteiger partial charge on any atom is 0.508 e. The van der Waals surface area contributed by atoms with Gasteiger partial charge < -0.3 is 14.2 Å². The third-order valence-electron chi connectivity index (χ3n) is 1.02. The van der Waals surface area contributed by atoms with E-state index in [1.54, 1.807) is 0 Å². The maximum absolute atomic E-state index is 9.80. The lowest BCUT2D eigenvalue weighted by Gasteiger charge is -1.78. The zero-order valence-electron chi connectivity index (χ0n) is 5.83. The first kappa shape index (κ1) is 7.34. The summed E-state index contributed by atoms with van der Waals surface area (Å²) in [5.41, 5.74) is 0. The average Bonchev–Trinajstić information content (AvgIpc) is 2.50. The molecule has 2 aliphatic heterocycles. The topological polar surface area (TPSA) is 48.1 Å². The van der Waals surface area contributed by atoms with Crippen LogP contribution in [0.15, 0.2) is 0 Å². The van der Waals surface area contributed by atoms with Gasteiger partial charge in [-0.2, -0.15) is 0 Å². The van der Waals surface area contributed by atoms with Crippen molar-refractivity contribution >= 4 is 6.16 Å². The largest absolute Gasteiger partial charge is 0.508 e. The molecule has 0 aromatic carbocycles. The van der Waals surface area contributed by atoms with Gasteiger partial charge in [0, 0.05) is 0 Å². The van der Waals surface area contributed by atoms with Gasteiger partial charge in [0.2, 0.25) is 0 Å². The lowest BCUT2D eigenvalue weighted by atomic mass is 10.6. The van der Waals surface area contributed by atoms with E-state index in [4.69, 9.17) is 4.74 Å². The highest BCUT2D eigenvalue weighted by atomic mass is 16.8. The summed E-state index contributed by atoms with van der Waals surface area (Å²) in [5, 5.41) is 0. The molecule has 2 heterocycles. The minimum Gasteiger partial charge on any atom is -0.431 e. The van der Waals surface area contributed by atoms with Gasteiger partial charge in [0.1, 0.15) is 13.2 Å². The Balaban J connectivity index is 0.000000108. The second kappa shape index (κ2) is 3.41. The van der Waals surface area contributed by atoms with Crippen LogP contribution in [0.2, 0.25) is 0 Å². The fourth-order valence-electron chi connectivity index (χ4n) is 0.388. The lowest BCUT2D eigenvalue weighted by molar-refractivity contribution is 0.131. The van der Waals surface area contributed by atoms with E-state index in [2.05, 4.69) is 16.4 Å². The van der Waals surface area contributed by atoms with Crippen molar-refractivity contribution in [1.82, 2.24) is 0 Å². The summed E-state index contributed by atoms with van der Waals surface area (Å²) in [6, 6.07) is 0. The molecule has 0 spiro atoms. The van der Waals surface area contributed by atoms with Crippen molar-refractivity contribution in [3.05, 3.63) is 0 Å². The second-order valence-corrected chi connectivity index (χ2v) is 2.09. The van der Waals surface area contributed by atoms with Crippen LogP contribution < -0.4 is 0 Å². The van der Waals surface area contributed by atoms with Gasteiger partial charge in [0.15, 0.2) is 0 Å². The normalized spacial score (nSPS) is 27.7. The van der Waals surface area contributed by atoms with E-state index in [9.17, 15) is 4.79 Å². The molecular formula is C6H10O4. The molecule has 2 saturated heterocycles. The molecule has 0 amide bonds. The Morgan fingerprint density at radius 3 is 1.90 bits per heavy atom. The molecular weight excluding hydrogens is 136 g/mol. The third-order valence-corrected chi connectivity index (χ3v) is 1.02. The number of hydrogen-bond acceptors (Lipinski definition) is 4. The molecule has 0 saturated carbocycles. The first-order valence-electron chi connectivity index (χ1n) is 3.20. The van der Waals surface area contributed by atoms with Gasteiger partial charge in [-0.3, -0.25) is 0 Å². The minimum absolute atomic E-state index is 0.416. The molecule has 0 N–H and O–H groups in total. The molecule has 0 radical (unpaired) electrons. The Kier molecular flexibility index (Phi) is 2.50. The van der Waals surface area contributed by atoms with Crippen LogP contribution in [0.3, 0.4) is 0 Å². The van der Waals surface area contributed by atoms with Gasteiger partial charge in [0.25, 0.3) is 0 Å². The molecule has 4 nitrogen and oxygen atoms in total.